The predicted octanol–water partition coefficient (Wildman–Crippen LogP) is 1.34. The first-order valence-electron chi connectivity index (χ1n) is 8.70. The van der Waals surface area contributed by atoms with E-state index in [0.29, 0.717) is 13.1 Å². The summed E-state index contributed by atoms with van der Waals surface area (Å²) in [6.45, 7) is 2.76. The van der Waals surface area contributed by atoms with Gasteiger partial charge in [0.1, 0.15) is 0 Å². The molecule has 1 unspecified atom stereocenters. The zero-order chi connectivity index (χ0) is 17.0. The van der Waals surface area contributed by atoms with Gasteiger partial charge in [-0.05, 0) is 44.4 Å². The van der Waals surface area contributed by atoms with Crippen molar-refractivity contribution in [3.05, 3.63) is 29.8 Å². The summed E-state index contributed by atoms with van der Waals surface area (Å²) in [6.07, 6.45) is 4.74. The largest absolute Gasteiger partial charge is 0.348 e. The molecular formula is C17H25N3O3S. The Kier molecular flexibility index (Phi) is 5.53. The lowest BCUT2D eigenvalue weighted by Gasteiger charge is -2.27. The molecule has 2 heterocycles. The molecule has 2 N–H and O–H groups in total. The van der Waals surface area contributed by atoms with Crippen molar-refractivity contribution in [2.24, 2.45) is 0 Å². The van der Waals surface area contributed by atoms with Crippen LogP contribution in [0.5, 0.6) is 0 Å². The maximum absolute atomic E-state index is 12.9. The predicted molar refractivity (Wildman–Crippen MR) is 92.4 cm³/mol. The fraction of sp³-hybridized carbons (Fsp3) is 0.588. The number of nitrogens with zero attached hydrogens (tertiary/aromatic N) is 1. The Balaban J connectivity index is 1.82. The molecular weight excluding hydrogens is 326 g/mol. The Labute approximate surface area is 143 Å². The van der Waals surface area contributed by atoms with Crippen molar-refractivity contribution in [2.75, 3.05) is 26.2 Å². The second-order valence-corrected chi connectivity index (χ2v) is 8.38. The number of amides is 1. The van der Waals surface area contributed by atoms with E-state index < -0.39 is 10.0 Å². The third-order valence-corrected chi connectivity index (χ3v) is 6.65. The van der Waals surface area contributed by atoms with Gasteiger partial charge in [-0.1, -0.05) is 18.6 Å². The van der Waals surface area contributed by atoms with Crippen LogP contribution in [-0.4, -0.2) is 50.9 Å². The van der Waals surface area contributed by atoms with Gasteiger partial charge in [0.25, 0.3) is 5.91 Å². The highest BCUT2D eigenvalue weighted by Gasteiger charge is 2.30. The number of nitrogens with one attached hydrogen (secondary N) is 2. The van der Waals surface area contributed by atoms with Crippen LogP contribution in [0.4, 0.5) is 0 Å². The van der Waals surface area contributed by atoms with Crippen molar-refractivity contribution in [3.63, 3.8) is 0 Å². The molecule has 6 nitrogen and oxygen atoms in total. The summed E-state index contributed by atoms with van der Waals surface area (Å²) in [7, 11) is -3.62. The van der Waals surface area contributed by atoms with Gasteiger partial charge in [0.05, 0.1) is 10.5 Å². The molecule has 24 heavy (non-hydrogen) atoms. The number of hydrogen-bond acceptors (Lipinski definition) is 4. The molecule has 0 bridgehead atoms. The molecule has 0 saturated carbocycles. The summed E-state index contributed by atoms with van der Waals surface area (Å²) in [5, 5.41) is 6.21. The van der Waals surface area contributed by atoms with E-state index in [9.17, 15) is 13.2 Å². The lowest BCUT2D eigenvalue weighted by Crippen LogP contribution is -2.46. The topological polar surface area (TPSA) is 78.5 Å². The van der Waals surface area contributed by atoms with E-state index in [1.165, 1.54) is 10.4 Å². The minimum absolute atomic E-state index is 0.0528. The fourth-order valence-electron chi connectivity index (χ4n) is 3.36. The van der Waals surface area contributed by atoms with Gasteiger partial charge in [-0.15, -0.1) is 0 Å². The Hall–Kier alpha value is -1.44. The molecule has 2 fully saturated rings. The van der Waals surface area contributed by atoms with E-state index in [4.69, 9.17) is 0 Å². The number of carbonyl (C=O) groups excluding carboxylic acids is 1. The van der Waals surface area contributed by atoms with Crippen molar-refractivity contribution in [2.45, 2.75) is 43.0 Å². The summed E-state index contributed by atoms with van der Waals surface area (Å²) in [5.41, 5.74) is 0.244. The van der Waals surface area contributed by atoms with Crippen LogP contribution in [0.3, 0.4) is 0 Å². The first-order chi connectivity index (χ1) is 11.6. The number of sulfonamides is 1. The van der Waals surface area contributed by atoms with Crippen LogP contribution < -0.4 is 10.6 Å². The highest BCUT2D eigenvalue weighted by molar-refractivity contribution is 7.89. The van der Waals surface area contributed by atoms with Crippen LogP contribution in [0.2, 0.25) is 0 Å². The van der Waals surface area contributed by atoms with Crippen molar-refractivity contribution in [3.8, 4) is 0 Å². The van der Waals surface area contributed by atoms with E-state index in [2.05, 4.69) is 10.6 Å². The van der Waals surface area contributed by atoms with E-state index in [1.807, 2.05) is 0 Å². The maximum atomic E-state index is 12.9. The fourth-order valence-corrected chi connectivity index (χ4v) is 5.07. The molecule has 2 saturated heterocycles. The molecule has 3 rings (SSSR count). The number of carbonyl (C=O) groups is 1. The molecule has 1 amide bonds. The summed E-state index contributed by atoms with van der Waals surface area (Å²) >= 11 is 0. The zero-order valence-electron chi connectivity index (χ0n) is 13.8. The van der Waals surface area contributed by atoms with E-state index >= 15 is 0 Å². The van der Waals surface area contributed by atoms with Gasteiger partial charge in [-0.2, -0.15) is 4.31 Å². The normalized spacial score (nSPS) is 22.9. The molecule has 2 aliphatic heterocycles. The third-order valence-electron chi connectivity index (χ3n) is 4.70. The van der Waals surface area contributed by atoms with E-state index in [1.54, 1.807) is 18.2 Å². The Morgan fingerprint density at radius 2 is 1.88 bits per heavy atom. The van der Waals surface area contributed by atoms with Gasteiger partial charge >= 0.3 is 0 Å². The highest BCUT2D eigenvalue weighted by atomic mass is 32.2. The van der Waals surface area contributed by atoms with Crippen molar-refractivity contribution >= 4 is 15.9 Å². The van der Waals surface area contributed by atoms with E-state index in [0.717, 1.165) is 45.2 Å². The number of rotatable bonds is 4. The Morgan fingerprint density at radius 1 is 1.12 bits per heavy atom. The van der Waals surface area contributed by atoms with Crippen molar-refractivity contribution < 1.29 is 13.2 Å². The minimum Gasteiger partial charge on any atom is -0.348 e. The van der Waals surface area contributed by atoms with Crippen LogP contribution in [-0.2, 0) is 10.0 Å². The van der Waals surface area contributed by atoms with Crippen molar-refractivity contribution in [1.29, 1.82) is 0 Å². The number of piperidine rings is 2. The average Bonchev–Trinajstić information content (AvgIpc) is 2.63. The van der Waals surface area contributed by atoms with Crippen LogP contribution in [0.25, 0.3) is 0 Å². The Bertz CT molecular complexity index is 678. The van der Waals surface area contributed by atoms with Gasteiger partial charge in [0, 0.05) is 25.7 Å². The average molecular weight is 351 g/mol. The molecule has 0 radical (unpaired) electrons. The van der Waals surface area contributed by atoms with Crippen LogP contribution >= 0.6 is 0 Å². The maximum Gasteiger partial charge on any atom is 0.252 e. The van der Waals surface area contributed by atoms with Gasteiger partial charge in [0.15, 0.2) is 0 Å². The molecule has 0 spiro atoms. The molecule has 2 aliphatic rings. The molecule has 0 aromatic heterocycles. The first kappa shape index (κ1) is 17.4. The second kappa shape index (κ2) is 7.63. The zero-order valence-corrected chi connectivity index (χ0v) is 14.6. The second-order valence-electron chi connectivity index (χ2n) is 6.48. The first-order valence-corrected chi connectivity index (χ1v) is 10.1. The SMILES string of the molecule is O=C(NC1CCCNC1)c1ccccc1S(=O)(=O)N1CCCCC1. The lowest BCUT2D eigenvalue weighted by atomic mass is 10.1. The summed E-state index contributed by atoms with van der Waals surface area (Å²) in [6, 6.07) is 6.58. The summed E-state index contributed by atoms with van der Waals surface area (Å²) in [4.78, 5) is 12.8. The molecule has 1 aromatic rings. The molecule has 0 aliphatic carbocycles. The van der Waals surface area contributed by atoms with Crippen LogP contribution in [0.15, 0.2) is 29.2 Å². The van der Waals surface area contributed by atoms with Gasteiger partial charge < -0.3 is 10.6 Å². The molecule has 1 atom stereocenters. The highest BCUT2D eigenvalue weighted by Crippen LogP contribution is 2.23. The van der Waals surface area contributed by atoms with Gasteiger partial charge in [0.2, 0.25) is 10.0 Å². The number of benzene rings is 1. The molecule has 132 valence electrons. The smallest absolute Gasteiger partial charge is 0.252 e. The monoisotopic (exact) mass is 351 g/mol. The summed E-state index contributed by atoms with van der Waals surface area (Å²) < 4.78 is 27.4. The third kappa shape index (κ3) is 3.79. The number of hydrogen-bond donors (Lipinski definition) is 2. The Morgan fingerprint density at radius 3 is 2.58 bits per heavy atom. The standard InChI is InChI=1S/C17H25N3O3S/c21-17(19-14-7-6-10-18-13-14)15-8-2-3-9-16(15)24(22,23)20-11-4-1-5-12-20/h2-3,8-9,14,18H,1,4-7,10-13H2,(H,19,21). The quantitative estimate of drug-likeness (QED) is 0.858. The van der Waals surface area contributed by atoms with Gasteiger partial charge in [-0.25, -0.2) is 8.42 Å². The summed E-state index contributed by atoms with van der Waals surface area (Å²) in [5.74, 6) is -0.306. The van der Waals surface area contributed by atoms with E-state index in [-0.39, 0.29) is 22.4 Å². The lowest BCUT2D eigenvalue weighted by molar-refractivity contribution is 0.0927. The van der Waals surface area contributed by atoms with Crippen LogP contribution in [0.1, 0.15) is 42.5 Å². The van der Waals surface area contributed by atoms with Crippen molar-refractivity contribution in [1.82, 2.24) is 14.9 Å². The molecule has 7 heteroatoms. The molecule has 1 aromatic carbocycles. The minimum atomic E-state index is -3.62. The van der Waals surface area contributed by atoms with Crippen LogP contribution in [0, 0.1) is 0 Å². The van der Waals surface area contributed by atoms with Gasteiger partial charge in [-0.3, -0.25) is 4.79 Å².